The smallest absolute Gasteiger partial charge is 0.228 e. The average molecular weight is 385 g/mol. The van der Waals surface area contributed by atoms with Crippen molar-refractivity contribution in [1.29, 1.82) is 0 Å². The summed E-state index contributed by atoms with van der Waals surface area (Å²) in [5.74, 6) is 0. The molecule has 0 aromatic carbocycles. The predicted molar refractivity (Wildman–Crippen MR) is 69.7 cm³/mol. The first kappa shape index (κ1) is 18.9. The van der Waals surface area contributed by atoms with E-state index in [1.54, 1.807) is 0 Å². The molecule has 0 aliphatic carbocycles. The van der Waals surface area contributed by atoms with E-state index in [1.807, 2.05) is 0 Å². The lowest BCUT2D eigenvalue weighted by atomic mass is 10.9. The van der Waals surface area contributed by atoms with Crippen LogP contribution in [0.3, 0.4) is 0 Å². The molecule has 0 aromatic rings. The van der Waals surface area contributed by atoms with Crippen LogP contribution in [0, 0.1) is 0 Å². The molecule has 0 aromatic heterocycles. The van der Waals surface area contributed by atoms with E-state index >= 15 is 0 Å². The number of nitrogens with one attached hydrogen (secondary N) is 1. The maximum Gasteiger partial charge on any atom is 0.248 e. The molecule has 0 unspecified atom stereocenters. The van der Waals surface area contributed by atoms with Gasteiger partial charge < -0.3 is 0 Å². The Labute approximate surface area is 127 Å². The van der Waals surface area contributed by atoms with Crippen LogP contribution in [-0.2, 0) is 0 Å². The van der Waals surface area contributed by atoms with E-state index in [9.17, 15) is 0 Å². The summed E-state index contributed by atoms with van der Waals surface area (Å²) < 4.78 is -4.57. The molecule has 0 saturated heterocycles. The highest BCUT2D eigenvalue weighted by molar-refractivity contribution is 6.71. The molecular weight excluding hydrogens is 381 g/mol. The van der Waals surface area contributed by atoms with Gasteiger partial charge in [-0.15, -0.1) is 0 Å². The van der Waals surface area contributed by atoms with Gasteiger partial charge in [-0.3, -0.25) is 0 Å². The molecule has 88 valence electrons. The second-order valence-corrected chi connectivity index (χ2v) is 9.31. The van der Waals surface area contributed by atoms with Gasteiger partial charge in [0.05, 0.1) is 0 Å². The van der Waals surface area contributed by atoms with Crippen LogP contribution in [0.25, 0.3) is 0 Å². The molecule has 0 aliphatic heterocycles. The maximum absolute atomic E-state index is 5.18. The first-order valence-corrected chi connectivity index (χ1v) is 6.10. The zero-order valence-electron chi connectivity index (χ0n) is 6.40. The topological polar surface area (TPSA) is 12.0 Å². The lowest BCUT2D eigenvalue weighted by Gasteiger charge is -2.19. The molecular formula is C4H4Cl9N. The average Bonchev–Trinajstić information content (AvgIpc) is 1.42. The Hall–Kier alpha value is 2.57. The second kappa shape index (κ2) is 7.10. The van der Waals surface area contributed by atoms with Gasteiger partial charge in [0.25, 0.3) is 0 Å². The summed E-state index contributed by atoms with van der Waals surface area (Å²) in [4.78, 5) is 0. The van der Waals surface area contributed by atoms with Gasteiger partial charge in [-0.2, -0.15) is 0 Å². The summed E-state index contributed by atoms with van der Waals surface area (Å²) in [7, 11) is 0. The van der Waals surface area contributed by atoms with Crippen LogP contribution in [0.2, 0.25) is 0 Å². The van der Waals surface area contributed by atoms with E-state index in [0.717, 1.165) is 0 Å². The second-order valence-electron chi connectivity index (χ2n) is 1.90. The van der Waals surface area contributed by atoms with Crippen LogP contribution in [-0.4, -0.2) is 11.6 Å². The van der Waals surface area contributed by atoms with Crippen molar-refractivity contribution in [3.05, 3.63) is 0 Å². The summed E-state index contributed by atoms with van der Waals surface area (Å²) in [6.45, 7) is 1.48. The highest BCUT2D eigenvalue weighted by Gasteiger charge is 2.31. The number of halogens is 9. The monoisotopic (exact) mass is 381 g/mol. The molecule has 0 rings (SSSR count). The van der Waals surface area contributed by atoms with Crippen LogP contribution in [0.5, 0.6) is 0 Å². The van der Waals surface area contributed by atoms with Crippen molar-refractivity contribution in [1.82, 2.24) is 5.32 Å². The summed E-state index contributed by atoms with van der Waals surface area (Å²) >= 11 is 46.3. The van der Waals surface area contributed by atoms with Crippen LogP contribution in [0.1, 0.15) is 6.92 Å². The first-order valence-electron chi connectivity index (χ1n) is 2.70. The molecule has 0 bridgehead atoms. The van der Waals surface area contributed by atoms with Gasteiger partial charge in [-0.05, 0) is 6.92 Å². The third-order valence-electron chi connectivity index (χ3n) is 0.283. The van der Waals surface area contributed by atoms with Crippen LogP contribution < -0.4 is 5.32 Å². The van der Waals surface area contributed by atoms with Crippen molar-refractivity contribution < 1.29 is 0 Å². The summed E-state index contributed by atoms with van der Waals surface area (Å²) in [6.07, 6.45) is 0. The highest BCUT2D eigenvalue weighted by atomic mass is 35.6. The third kappa shape index (κ3) is 36.5. The standard InChI is InChI=1S/C2HCl6N.C2H3Cl3/c3-1(4,5)9-2(6,7)8;1-2(3,4)5/h9H;1H3. The van der Waals surface area contributed by atoms with Gasteiger partial charge in [-0.25, -0.2) is 5.32 Å². The summed E-state index contributed by atoms with van der Waals surface area (Å²) in [5, 5.41) is 2.05. The fourth-order valence-electron chi connectivity index (χ4n) is 0.161. The van der Waals surface area contributed by atoms with Crippen molar-refractivity contribution in [3.63, 3.8) is 0 Å². The summed E-state index contributed by atoms with van der Waals surface area (Å²) in [6, 6.07) is 0. The van der Waals surface area contributed by atoms with Crippen LogP contribution in [0.15, 0.2) is 0 Å². The lowest BCUT2D eigenvalue weighted by molar-refractivity contribution is 0.745. The zero-order valence-corrected chi connectivity index (χ0v) is 13.2. The van der Waals surface area contributed by atoms with E-state index in [-0.39, 0.29) is 0 Å². The van der Waals surface area contributed by atoms with E-state index in [1.165, 1.54) is 6.92 Å². The van der Waals surface area contributed by atoms with Crippen molar-refractivity contribution in [3.8, 4) is 0 Å². The van der Waals surface area contributed by atoms with Crippen molar-refractivity contribution in [2.75, 3.05) is 0 Å². The number of hydrogen-bond donors (Lipinski definition) is 1. The fraction of sp³-hybridized carbons (Fsp3) is 1.00. The molecule has 0 atom stereocenters. The van der Waals surface area contributed by atoms with Crippen LogP contribution >= 0.6 is 104 Å². The Morgan fingerprint density at radius 3 is 0.786 bits per heavy atom. The van der Waals surface area contributed by atoms with Crippen molar-refractivity contribution >= 4 is 104 Å². The van der Waals surface area contributed by atoms with E-state index in [0.29, 0.717) is 0 Å². The molecule has 10 heteroatoms. The van der Waals surface area contributed by atoms with E-state index in [2.05, 4.69) is 5.32 Å². The lowest BCUT2D eigenvalue weighted by Crippen LogP contribution is -2.38. The van der Waals surface area contributed by atoms with Crippen molar-refractivity contribution in [2.24, 2.45) is 0 Å². The van der Waals surface area contributed by atoms with Gasteiger partial charge >= 0.3 is 0 Å². The molecule has 0 saturated carbocycles. The molecule has 0 spiro atoms. The normalized spacial score (nSPS) is 13.3. The quantitative estimate of drug-likeness (QED) is 0.422. The maximum atomic E-state index is 5.18. The number of hydrogen-bond acceptors (Lipinski definition) is 1. The van der Waals surface area contributed by atoms with Gasteiger partial charge in [0.2, 0.25) is 7.83 Å². The largest absolute Gasteiger partial charge is 0.248 e. The SMILES string of the molecule is CC(Cl)(Cl)Cl.ClC(Cl)(Cl)NC(Cl)(Cl)Cl. The molecule has 0 heterocycles. The predicted octanol–water partition coefficient (Wildman–Crippen LogP) is 5.61. The Kier molecular flexibility index (Phi) is 9.60. The minimum atomic E-state index is -1.74. The summed E-state index contributed by atoms with van der Waals surface area (Å²) in [5.41, 5.74) is 0. The Morgan fingerprint density at radius 2 is 0.786 bits per heavy atom. The molecule has 1 nitrogen and oxygen atoms in total. The first-order chi connectivity index (χ1) is 5.71. The van der Waals surface area contributed by atoms with E-state index < -0.39 is 11.6 Å². The minimum Gasteiger partial charge on any atom is -0.228 e. The Morgan fingerprint density at radius 1 is 0.643 bits per heavy atom. The van der Waals surface area contributed by atoms with Gasteiger partial charge in [-0.1, -0.05) is 104 Å². The zero-order chi connectivity index (χ0) is 12.2. The van der Waals surface area contributed by atoms with Crippen molar-refractivity contribution in [2.45, 2.75) is 18.5 Å². The number of rotatable bonds is 0. The molecule has 0 amide bonds. The molecule has 0 radical (unpaired) electrons. The third-order valence-corrected chi connectivity index (χ3v) is 0.850. The Bertz CT molecular complexity index is 132. The van der Waals surface area contributed by atoms with Gasteiger partial charge in [0, 0.05) is 0 Å². The molecule has 14 heavy (non-hydrogen) atoms. The van der Waals surface area contributed by atoms with Gasteiger partial charge in [0.1, 0.15) is 0 Å². The molecule has 1 N–H and O–H groups in total. The molecule has 0 fully saturated rings. The van der Waals surface area contributed by atoms with Crippen LogP contribution in [0.4, 0.5) is 0 Å². The highest BCUT2D eigenvalue weighted by Crippen LogP contribution is 2.32. The van der Waals surface area contributed by atoms with E-state index in [4.69, 9.17) is 104 Å². The molecule has 0 aliphatic rings. The fourth-order valence-corrected chi connectivity index (χ4v) is 1.45. The van der Waals surface area contributed by atoms with Gasteiger partial charge in [0.15, 0.2) is 3.79 Å². The Balaban J connectivity index is 0. The minimum absolute atomic E-state index is 1.08. The number of alkyl halides is 9.